The Morgan fingerprint density at radius 3 is 3.07 bits per heavy atom. The summed E-state index contributed by atoms with van der Waals surface area (Å²) in [5.41, 5.74) is 7.46. The molecule has 1 aromatic rings. The van der Waals surface area contributed by atoms with Crippen LogP contribution in [0.25, 0.3) is 0 Å². The van der Waals surface area contributed by atoms with Crippen molar-refractivity contribution < 1.29 is 0 Å². The summed E-state index contributed by atoms with van der Waals surface area (Å²) in [6.07, 6.45) is 1.12. The Labute approximate surface area is 89.8 Å². The molecular weight excluding hydrogens is 188 g/mol. The molecule has 0 amide bonds. The van der Waals surface area contributed by atoms with Gasteiger partial charge in [0.2, 0.25) is 0 Å². The molecule has 0 aromatic heterocycles. The molecule has 0 saturated carbocycles. The second-order valence-corrected chi connectivity index (χ2v) is 3.73. The normalized spacial score (nSPS) is 16.1. The van der Waals surface area contributed by atoms with E-state index in [0.717, 1.165) is 36.8 Å². The van der Waals surface area contributed by atoms with Crippen LogP contribution in [0, 0.1) is 0 Å². The summed E-state index contributed by atoms with van der Waals surface area (Å²) in [5.74, 6) is 0.923. The molecule has 0 unspecified atom stereocenters. The van der Waals surface area contributed by atoms with Crippen molar-refractivity contribution in [1.29, 1.82) is 0 Å². The largest absolute Gasteiger partial charge is 0.399 e. The number of guanidine groups is 1. The van der Waals surface area contributed by atoms with E-state index in [1.165, 1.54) is 0 Å². The zero-order chi connectivity index (χ0) is 10.7. The van der Waals surface area contributed by atoms with Crippen LogP contribution in [0.4, 0.5) is 11.4 Å². The molecule has 3 N–H and O–H groups in total. The van der Waals surface area contributed by atoms with E-state index in [4.69, 9.17) is 5.73 Å². The first kappa shape index (κ1) is 9.83. The zero-order valence-electron chi connectivity index (χ0n) is 8.90. The maximum Gasteiger partial charge on any atom is 0.198 e. The second kappa shape index (κ2) is 4.21. The minimum atomic E-state index is 0.763. The van der Waals surface area contributed by atoms with Gasteiger partial charge in [-0.3, -0.25) is 4.99 Å². The summed E-state index contributed by atoms with van der Waals surface area (Å²) >= 11 is 0. The third-order valence-electron chi connectivity index (χ3n) is 2.42. The predicted octanol–water partition coefficient (Wildman–Crippen LogP) is 1.37. The van der Waals surface area contributed by atoms with Gasteiger partial charge in [0.1, 0.15) is 0 Å². The van der Waals surface area contributed by atoms with Crippen molar-refractivity contribution in [3.8, 4) is 0 Å². The monoisotopic (exact) mass is 204 g/mol. The summed E-state index contributed by atoms with van der Waals surface area (Å²) < 4.78 is 0. The van der Waals surface area contributed by atoms with Crippen molar-refractivity contribution >= 4 is 17.3 Å². The summed E-state index contributed by atoms with van der Waals surface area (Å²) in [6.45, 7) is 1.95. The topological polar surface area (TPSA) is 53.6 Å². The van der Waals surface area contributed by atoms with Crippen LogP contribution in [-0.4, -0.2) is 31.0 Å². The molecule has 0 fully saturated rings. The minimum absolute atomic E-state index is 0.763. The number of hydrogen-bond acceptors (Lipinski definition) is 4. The lowest BCUT2D eigenvalue weighted by Gasteiger charge is -2.25. The summed E-state index contributed by atoms with van der Waals surface area (Å²) in [7, 11) is 2.04. The number of benzene rings is 1. The van der Waals surface area contributed by atoms with Crippen LogP contribution >= 0.6 is 0 Å². The van der Waals surface area contributed by atoms with Crippen LogP contribution in [0.3, 0.4) is 0 Å². The fourth-order valence-electron chi connectivity index (χ4n) is 1.60. The van der Waals surface area contributed by atoms with Crippen LogP contribution in [0.1, 0.15) is 6.42 Å². The van der Waals surface area contributed by atoms with E-state index in [-0.39, 0.29) is 0 Å². The first-order valence-corrected chi connectivity index (χ1v) is 5.14. The Kier molecular flexibility index (Phi) is 2.76. The third kappa shape index (κ3) is 2.40. The molecule has 0 aliphatic carbocycles. The fraction of sp³-hybridized carbons (Fsp3) is 0.364. The lowest BCUT2D eigenvalue weighted by molar-refractivity contribution is 0.466. The van der Waals surface area contributed by atoms with Crippen molar-refractivity contribution in [2.45, 2.75) is 6.42 Å². The summed E-state index contributed by atoms with van der Waals surface area (Å²) in [5, 5.41) is 3.27. The SMILES string of the molecule is CN1CCCN=C1Nc1cccc(N)c1. The molecule has 1 aliphatic heterocycles. The van der Waals surface area contributed by atoms with Gasteiger partial charge in [-0.15, -0.1) is 0 Å². The lowest BCUT2D eigenvalue weighted by atomic mass is 10.3. The van der Waals surface area contributed by atoms with Gasteiger partial charge in [-0.05, 0) is 24.6 Å². The van der Waals surface area contributed by atoms with Gasteiger partial charge in [-0.1, -0.05) is 6.07 Å². The Hall–Kier alpha value is -1.71. The molecule has 1 heterocycles. The molecule has 4 heteroatoms. The Bertz CT molecular complexity index is 373. The number of aliphatic imine (C=N–C) groups is 1. The Balaban J connectivity index is 2.11. The molecule has 0 atom stereocenters. The number of nitrogens with two attached hydrogens (primary N) is 1. The van der Waals surface area contributed by atoms with Crippen molar-refractivity contribution in [2.24, 2.45) is 4.99 Å². The van der Waals surface area contributed by atoms with Crippen LogP contribution in [-0.2, 0) is 0 Å². The highest BCUT2D eigenvalue weighted by atomic mass is 15.3. The van der Waals surface area contributed by atoms with E-state index in [2.05, 4.69) is 15.2 Å². The standard InChI is InChI=1S/C11H16N4/c1-15-7-3-6-13-11(15)14-10-5-2-4-9(12)8-10/h2,4-5,8H,3,6-7,12H2,1H3,(H,13,14). The zero-order valence-corrected chi connectivity index (χ0v) is 8.90. The Morgan fingerprint density at radius 2 is 2.33 bits per heavy atom. The molecule has 0 saturated heterocycles. The van der Waals surface area contributed by atoms with E-state index in [1.54, 1.807) is 0 Å². The molecule has 2 rings (SSSR count). The second-order valence-electron chi connectivity index (χ2n) is 3.73. The maximum atomic E-state index is 5.70. The predicted molar refractivity (Wildman–Crippen MR) is 64.0 cm³/mol. The van der Waals surface area contributed by atoms with Crippen LogP contribution < -0.4 is 11.1 Å². The Morgan fingerprint density at radius 1 is 1.47 bits per heavy atom. The molecule has 0 radical (unpaired) electrons. The smallest absolute Gasteiger partial charge is 0.198 e. The van der Waals surface area contributed by atoms with E-state index < -0.39 is 0 Å². The molecule has 0 spiro atoms. The van der Waals surface area contributed by atoms with Crippen molar-refractivity contribution in [2.75, 3.05) is 31.2 Å². The van der Waals surface area contributed by atoms with Gasteiger partial charge in [0.25, 0.3) is 0 Å². The number of nitrogens with zero attached hydrogens (tertiary/aromatic N) is 2. The highest BCUT2D eigenvalue weighted by Crippen LogP contribution is 2.13. The van der Waals surface area contributed by atoms with Gasteiger partial charge in [-0.2, -0.15) is 0 Å². The third-order valence-corrected chi connectivity index (χ3v) is 2.42. The average molecular weight is 204 g/mol. The molecule has 1 aromatic carbocycles. The molecule has 15 heavy (non-hydrogen) atoms. The number of nitrogen functional groups attached to an aromatic ring is 1. The quantitative estimate of drug-likeness (QED) is 0.679. The van der Waals surface area contributed by atoms with Gasteiger partial charge in [0.05, 0.1) is 0 Å². The molecule has 80 valence electrons. The van der Waals surface area contributed by atoms with Gasteiger partial charge >= 0.3 is 0 Å². The summed E-state index contributed by atoms with van der Waals surface area (Å²) in [6, 6.07) is 7.70. The highest BCUT2D eigenvalue weighted by molar-refractivity contribution is 5.94. The number of rotatable bonds is 1. The van der Waals surface area contributed by atoms with Crippen molar-refractivity contribution in [3.05, 3.63) is 24.3 Å². The van der Waals surface area contributed by atoms with Crippen molar-refractivity contribution in [3.63, 3.8) is 0 Å². The van der Waals surface area contributed by atoms with Gasteiger partial charge in [0, 0.05) is 31.5 Å². The van der Waals surface area contributed by atoms with Crippen LogP contribution in [0.15, 0.2) is 29.3 Å². The first-order valence-electron chi connectivity index (χ1n) is 5.14. The van der Waals surface area contributed by atoms with Gasteiger partial charge < -0.3 is 16.0 Å². The first-order chi connectivity index (χ1) is 7.25. The highest BCUT2D eigenvalue weighted by Gasteiger charge is 2.10. The molecule has 4 nitrogen and oxygen atoms in total. The maximum absolute atomic E-state index is 5.70. The van der Waals surface area contributed by atoms with E-state index >= 15 is 0 Å². The number of anilines is 2. The fourth-order valence-corrected chi connectivity index (χ4v) is 1.60. The lowest BCUT2D eigenvalue weighted by Crippen LogP contribution is -2.37. The van der Waals surface area contributed by atoms with Crippen molar-refractivity contribution in [1.82, 2.24) is 4.90 Å². The van der Waals surface area contributed by atoms with Gasteiger partial charge in [0.15, 0.2) is 5.96 Å². The minimum Gasteiger partial charge on any atom is -0.399 e. The molecular formula is C11H16N4. The molecule has 0 bridgehead atoms. The molecule has 1 aliphatic rings. The van der Waals surface area contributed by atoms with E-state index in [0.29, 0.717) is 0 Å². The van der Waals surface area contributed by atoms with Gasteiger partial charge in [-0.25, -0.2) is 0 Å². The average Bonchev–Trinajstić information content (AvgIpc) is 2.22. The van der Waals surface area contributed by atoms with E-state index in [1.807, 2.05) is 31.3 Å². The van der Waals surface area contributed by atoms with E-state index in [9.17, 15) is 0 Å². The van der Waals surface area contributed by atoms with Crippen LogP contribution in [0.5, 0.6) is 0 Å². The summed E-state index contributed by atoms with van der Waals surface area (Å²) in [4.78, 5) is 6.54. The number of nitrogens with one attached hydrogen (secondary N) is 1. The van der Waals surface area contributed by atoms with Crippen LogP contribution in [0.2, 0.25) is 0 Å². The number of hydrogen-bond donors (Lipinski definition) is 2.